The van der Waals surface area contributed by atoms with E-state index in [1.54, 1.807) is 0 Å². The van der Waals surface area contributed by atoms with E-state index >= 15 is 0 Å². The Labute approximate surface area is 118 Å². The number of amides is 2. The monoisotopic (exact) mass is 288 g/mol. The van der Waals surface area contributed by atoms with Gasteiger partial charge in [-0.05, 0) is 12.8 Å². The smallest absolute Gasteiger partial charge is 0.236 e. The molecule has 6 N–H and O–H groups in total. The molecule has 2 amide bonds. The number of nitrogens with one attached hydrogen (secondary N) is 2. The zero-order valence-corrected chi connectivity index (χ0v) is 11.7. The Kier molecular flexibility index (Phi) is 7.45. The lowest BCUT2D eigenvalue weighted by molar-refractivity contribution is -0.252. The number of nitrogens with two attached hydrogens (primary N) is 2. The molecule has 20 heavy (non-hydrogen) atoms. The molecule has 1 fully saturated rings. The first-order valence-electron chi connectivity index (χ1n) is 6.89. The van der Waals surface area contributed by atoms with Crippen LogP contribution in [0, 0.1) is 0 Å². The van der Waals surface area contributed by atoms with E-state index in [0.29, 0.717) is 0 Å². The van der Waals surface area contributed by atoms with Crippen molar-refractivity contribution in [1.82, 2.24) is 10.9 Å². The highest BCUT2D eigenvalue weighted by Gasteiger charge is 2.34. The molecule has 0 aromatic carbocycles. The second kappa shape index (κ2) is 8.85. The second-order valence-corrected chi connectivity index (χ2v) is 4.80. The van der Waals surface area contributed by atoms with E-state index in [1.165, 1.54) is 0 Å². The summed E-state index contributed by atoms with van der Waals surface area (Å²) in [6.45, 7) is 0.484. The molecule has 8 heteroatoms. The van der Waals surface area contributed by atoms with Crippen LogP contribution in [0.25, 0.3) is 0 Å². The zero-order chi connectivity index (χ0) is 14.8. The summed E-state index contributed by atoms with van der Waals surface area (Å²) in [5.41, 5.74) is 4.11. The number of rotatable bonds is 8. The molecular weight excluding hydrogens is 264 g/mol. The quantitative estimate of drug-likeness (QED) is 0.205. The van der Waals surface area contributed by atoms with E-state index in [4.69, 9.17) is 21.2 Å². The molecule has 0 unspecified atom stereocenters. The van der Waals surface area contributed by atoms with Crippen LogP contribution in [0.4, 0.5) is 0 Å². The van der Waals surface area contributed by atoms with E-state index in [-0.39, 0.29) is 37.9 Å². The molecule has 116 valence electrons. The van der Waals surface area contributed by atoms with Crippen molar-refractivity contribution in [1.29, 1.82) is 0 Å². The van der Waals surface area contributed by atoms with Crippen molar-refractivity contribution in [3.05, 3.63) is 0 Å². The van der Waals surface area contributed by atoms with Gasteiger partial charge in [0, 0.05) is 12.8 Å². The largest absolute Gasteiger partial charge is 0.349 e. The first-order valence-corrected chi connectivity index (χ1v) is 6.89. The van der Waals surface area contributed by atoms with Crippen LogP contribution in [-0.4, -0.2) is 30.8 Å². The third kappa shape index (κ3) is 5.83. The lowest BCUT2D eigenvalue weighted by Gasteiger charge is -2.37. The average molecular weight is 288 g/mol. The zero-order valence-electron chi connectivity index (χ0n) is 11.7. The molecule has 1 saturated carbocycles. The minimum absolute atomic E-state index is 0.185. The maximum Gasteiger partial charge on any atom is 0.236 e. The average Bonchev–Trinajstić information content (AvgIpc) is 2.47. The molecule has 0 aromatic heterocycles. The summed E-state index contributed by atoms with van der Waals surface area (Å²) in [4.78, 5) is 22.2. The molecule has 0 aromatic rings. The second-order valence-electron chi connectivity index (χ2n) is 4.80. The van der Waals surface area contributed by atoms with E-state index in [1.807, 2.05) is 0 Å². The fraction of sp³-hybridized carbons (Fsp3) is 0.833. The Bertz CT molecular complexity index is 295. The van der Waals surface area contributed by atoms with Gasteiger partial charge in [-0.3, -0.25) is 20.4 Å². The molecule has 0 spiro atoms. The minimum atomic E-state index is -0.692. The number of hydrogen-bond donors (Lipinski definition) is 4. The molecule has 1 rings (SSSR count). The van der Waals surface area contributed by atoms with Gasteiger partial charge in [0.05, 0.1) is 26.1 Å². The summed E-state index contributed by atoms with van der Waals surface area (Å²) in [5, 5.41) is 0. The predicted molar refractivity (Wildman–Crippen MR) is 71.6 cm³/mol. The molecule has 1 aliphatic carbocycles. The number of ether oxygens (including phenoxy) is 2. The predicted octanol–water partition coefficient (Wildman–Crippen LogP) is -0.560. The van der Waals surface area contributed by atoms with Crippen LogP contribution in [0.5, 0.6) is 0 Å². The Morgan fingerprint density at radius 3 is 1.75 bits per heavy atom. The van der Waals surface area contributed by atoms with E-state index in [0.717, 1.165) is 32.1 Å². The molecular formula is C12H24N4O4. The lowest BCUT2D eigenvalue weighted by atomic mass is 9.94. The number of carbonyl (C=O) groups is 2. The fourth-order valence-corrected chi connectivity index (χ4v) is 2.22. The highest BCUT2D eigenvalue weighted by atomic mass is 16.7. The Morgan fingerprint density at radius 2 is 1.35 bits per heavy atom. The van der Waals surface area contributed by atoms with Crippen LogP contribution in [0.2, 0.25) is 0 Å². The molecule has 0 aliphatic heterocycles. The van der Waals surface area contributed by atoms with E-state index in [2.05, 4.69) is 10.9 Å². The molecule has 0 radical (unpaired) electrons. The number of hydrazine groups is 2. The van der Waals surface area contributed by atoms with Crippen molar-refractivity contribution in [3.63, 3.8) is 0 Å². The normalized spacial score (nSPS) is 17.5. The minimum Gasteiger partial charge on any atom is -0.349 e. The summed E-state index contributed by atoms with van der Waals surface area (Å²) >= 11 is 0. The van der Waals surface area contributed by atoms with Gasteiger partial charge in [-0.1, -0.05) is 6.42 Å². The maximum absolute atomic E-state index is 11.1. The van der Waals surface area contributed by atoms with E-state index in [9.17, 15) is 9.59 Å². The van der Waals surface area contributed by atoms with Crippen LogP contribution in [0.1, 0.15) is 44.9 Å². The summed E-state index contributed by atoms with van der Waals surface area (Å²) in [6, 6.07) is 0. The van der Waals surface area contributed by atoms with Crippen molar-refractivity contribution >= 4 is 11.8 Å². The molecule has 0 heterocycles. The summed E-state index contributed by atoms with van der Waals surface area (Å²) in [5.74, 6) is 8.77. The standard InChI is InChI=1S/C12H24N4O4/c13-15-10(17)4-8-19-12(6-2-1-3-7-12)20-9-5-11(18)16-14/h1-9,13-14H2,(H,15,17)(H,16,18). The SMILES string of the molecule is NNC(=O)CCOC1(OCCC(=O)NN)CCCCC1. The molecule has 0 atom stereocenters. The van der Waals surface area contributed by atoms with Gasteiger partial charge in [0.1, 0.15) is 0 Å². The van der Waals surface area contributed by atoms with Crippen molar-refractivity contribution < 1.29 is 19.1 Å². The number of hydrogen-bond acceptors (Lipinski definition) is 6. The first kappa shape index (κ1) is 16.8. The van der Waals surface area contributed by atoms with Crippen LogP contribution in [0.15, 0.2) is 0 Å². The first-order chi connectivity index (χ1) is 9.62. The van der Waals surface area contributed by atoms with Gasteiger partial charge in [0.25, 0.3) is 0 Å². The summed E-state index contributed by atoms with van der Waals surface area (Å²) in [6.07, 6.45) is 5.05. The summed E-state index contributed by atoms with van der Waals surface area (Å²) < 4.78 is 11.5. The van der Waals surface area contributed by atoms with Crippen molar-refractivity contribution in [2.24, 2.45) is 11.7 Å². The third-order valence-corrected chi connectivity index (χ3v) is 3.33. The van der Waals surface area contributed by atoms with Crippen molar-refractivity contribution in [3.8, 4) is 0 Å². The van der Waals surface area contributed by atoms with Crippen LogP contribution >= 0.6 is 0 Å². The third-order valence-electron chi connectivity index (χ3n) is 3.33. The summed E-state index contributed by atoms with van der Waals surface area (Å²) in [7, 11) is 0. The molecule has 8 nitrogen and oxygen atoms in total. The van der Waals surface area contributed by atoms with Crippen LogP contribution in [-0.2, 0) is 19.1 Å². The van der Waals surface area contributed by atoms with Gasteiger partial charge < -0.3 is 9.47 Å². The van der Waals surface area contributed by atoms with Gasteiger partial charge in [-0.15, -0.1) is 0 Å². The Morgan fingerprint density at radius 1 is 0.900 bits per heavy atom. The molecule has 0 saturated heterocycles. The van der Waals surface area contributed by atoms with E-state index < -0.39 is 5.79 Å². The lowest BCUT2D eigenvalue weighted by Crippen LogP contribution is -2.41. The van der Waals surface area contributed by atoms with Crippen LogP contribution in [0.3, 0.4) is 0 Å². The van der Waals surface area contributed by atoms with Gasteiger partial charge in [-0.2, -0.15) is 0 Å². The van der Waals surface area contributed by atoms with Gasteiger partial charge in [0.15, 0.2) is 5.79 Å². The topological polar surface area (TPSA) is 129 Å². The molecule has 0 bridgehead atoms. The fourth-order valence-electron chi connectivity index (χ4n) is 2.22. The Hall–Kier alpha value is -1.22. The maximum atomic E-state index is 11.1. The van der Waals surface area contributed by atoms with Gasteiger partial charge >= 0.3 is 0 Å². The van der Waals surface area contributed by atoms with Crippen LogP contribution < -0.4 is 22.5 Å². The highest BCUT2D eigenvalue weighted by molar-refractivity contribution is 5.75. The van der Waals surface area contributed by atoms with Gasteiger partial charge in [-0.25, -0.2) is 11.7 Å². The van der Waals surface area contributed by atoms with Gasteiger partial charge in [0.2, 0.25) is 11.8 Å². The van der Waals surface area contributed by atoms with Crippen molar-refractivity contribution in [2.75, 3.05) is 13.2 Å². The highest BCUT2D eigenvalue weighted by Crippen LogP contribution is 2.33. The molecule has 1 aliphatic rings. The van der Waals surface area contributed by atoms with Crippen molar-refractivity contribution in [2.45, 2.75) is 50.7 Å². The number of carbonyl (C=O) groups excluding carboxylic acids is 2. The Balaban J connectivity index is 2.40.